The van der Waals surface area contributed by atoms with Gasteiger partial charge in [0.15, 0.2) is 11.2 Å². The maximum absolute atomic E-state index is 13.2. The maximum atomic E-state index is 13.2. The van der Waals surface area contributed by atoms with Crippen LogP contribution in [0.1, 0.15) is 40.0 Å². The van der Waals surface area contributed by atoms with Gasteiger partial charge in [0, 0.05) is 12.3 Å². The summed E-state index contributed by atoms with van der Waals surface area (Å²) in [6.45, 7) is 5.42. The summed E-state index contributed by atoms with van der Waals surface area (Å²) in [5.41, 5.74) is -3.90. The SMILES string of the molecule is CC1C[C@]23OC(=O)C4=C(O)CC[C@H](C)C(=O)[C@@H]5[C@@H](O)C2C(O)[C@@]1(C)OC453. The van der Waals surface area contributed by atoms with Crippen LogP contribution in [0, 0.1) is 23.7 Å². The Hall–Kier alpha value is -1.44. The van der Waals surface area contributed by atoms with Gasteiger partial charge in [-0.1, -0.05) is 13.8 Å². The van der Waals surface area contributed by atoms with Crippen molar-refractivity contribution < 1.29 is 34.4 Å². The summed E-state index contributed by atoms with van der Waals surface area (Å²) in [4.78, 5) is 26.0. The molecule has 7 heteroatoms. The molecule has 3 heterocycles. The number of fused-ring (bicyclic) bond motifs is 1. The van der Waals surface area contributed by atoms with Gasteiger partial charge in [0.1, 0.15) is 17.1 Å². The lowest BCUT2D eigenvalue weighted by Crippen LogP contribution is -2.76. The van der Waals surface area contributed by atoms with Crippen molar-refractivity contribution >= 4 is 11.8 Å². The Balaban J connectivity index is 1.87. The van der Waals surface area contributed by atoms with Crippen molar-refractivity contribution in [2.75, 3.05) is 0 Å². The number of hydrogen-bond acceptors (Lipinski definition) is 7. The van der Waals surface area contributed by atoms with Crippen molar-refractivity contribution in [3.05, 3.63) is 11.3 Å². The van der Waals surface area contributed by atoms with Crippen molar-refractivity contribution in [3.63, 3.8) is 0 Å². The van der Waals surface area contributed by atoms with Crippen LogP contribution in [-0.2, 0) is 19.1 Å². The van der Waals surface area contributed by atoms with Crippen LogP contribution in [0.4, 0.5) is 0 Å². The van der Waals surface area contributed by atoms with Crippen molar-refractivity contribution in [3.8, 4) is 0 Å². The summed E-state index contributed by atoms with van der Waals surface area (Å²) in [6, 6.07) is 0. The lowest BCUT2D eigenvalue weighted by molar-refractivity contribution is -0.342. The number of ketones is 1. The molecule has 0 radical (unpaired) electrons. The Labute approximate surface area is 151 Å². The number of aliphatic hydroxyl groups excluding tert-OH is 3. The van der Waals surface area contributed by atoms with E-state index in [1.54, 1.807) is 13.8 Å². The van der Waals surface area contributed by atoms with Gasteiger partial charge in [0.05, 0.1) is 29.6 Å². The minimum absolute atomic E-state index is 0.0191. The molecule has 7 nitrogen and oxygen atoms in total. The lowest BCUT2D eigenvalue weighted by Gasteiger charge is -2.63. The molecule has 4 unspecified atom stereocenters. The van der Waals surface area contributed by atoms with Crippen molar-refractivity contribution in [1.82, 2.24) is 0 Å². The second-order valence-corrected chi connectivity index (χ2v) is 9.01. The average molecular weight is 364 g/mol. The summed E-state index contributed by atoms with van der Waals surface area (Å²) in [5.74, 6) is -3.40. The molecule has 9 atom stereocenters. The van der Waals surface area contributed by atoms with E-state index in [0.29, 0.717) is 12.8 Å². The minimum Gasteiger partial charge on any atom is -0.512 e. The molecule has 3 aliphatic carbocycles. The monoisotopic (exact) mass is 364 g/mol. The predicted octanol–water partition coefficient (Wildman–Crippen LogP) is 0.628. The minimum atomic E-state index is -1.52. The highest BCUT2D eigenvalue weighted by Gasteiger charge is 2.89. The molecule has 3 N–H and O–H groups in total. The molecule has 6 aliphatic rings. The molecule has 2 saturated carbocycles. The standard InChI is InChI=1S/C19H24O7/c1-7-4-5-9(20)10-16(24)25-18-6-8(2)17(3)15(23)12(18)14(22)11(13(7)21)19(10,18)26-17/h7-8,11-12,14-15,20,22-23H,4-6H2,1-3H3/t7-,8?,11+,12?,14+,15?,17-,18-,19?/m0/s1. The predicted molar refractivity (Wildman–Crippen MR) is 86.9 cm³/mol. The number of hydrogen-bond donors (Lipinski definition) is 3. The lowest BCUT2D eigenvalue weighted by atomic mass is 9.56. The van der Waals surface area contributed by atoms with Crippen LogP contribution < -0.4 is 0 Å². The van der Waals surface area contributed by atoms with Gasteiger partial charge in [-0.3, -0.25) is 4.79 Å². The van der Waals surface area contributed by atoms with Crippen LogP contribution in [0.2, 0.25) is 0 Å². The van der Waals surface area contributed by atoms with Crippen LogP contribution in [0.3, 0.4) is 0 Å². The van der Waals surface area contributed by atoms with Crippen LogP contribution >= 0.6 is 0 Å². The van der Waals surface area contributed by atoms with Crippen LogP contribution in [0.5, 0.6) is 0 Å². The van der Waals surface area contributed by atoms with Gasteiger partial charge in [-0.05, 0) is 25.7 Å². The number of carbonyl (C=O) groups excluding carboxylic acids is 2. The zero-order chi connectivity index (χ0) is 18.8. The molecule has 0 aromatic heterocycles. The first-order valence-corrected chi connectivity index (χ1v) is 9.38. The number of esters is 1. The van der Waals surface area contributed by atoms with Gasteiger partial charge in [-0.25, -0.2) is 4.79 Å². The Morgan fingerprint density at radius 1 is 1.19 bits per heavy atom. The first-order chi connectivity index (χ1) is 12.1. The molecular weight excluding hydrogens is 340 g/mol. The van der Waals surface area contributed by atoms with Gasteiger partial charge in [0.25, 0.3) is 0 Å². The molecule has 0 aromatic carbocycles. The summed E-state index contributed by atoms with van der Waals surface area (Å²) in [6.07, 6.45) is -1.32. The summed E-state index contributed by atoms with van der Waals surface area (Å²) < 4.78 is 12.2. The molecule has 0 amide bonds. The Bertz CT molecular complexity index is 774. The van der Waals surface area contributed by atoms with Gasteiger partial charge in [-0.2, -0.15) is 0 Å². The third kappa shape index (κ3) is 1.40. The van der Waals surface area contributed by atoms with E-state index in [1.165, 1.54) is 0 Å². The second kappa shape index (κ2) is 4.51. The molecule has 0 aromatic rings. The fraction of sp³-hybridized carbons (Fsp3) is 0.789. The fourth-order valence-corrected chi connectivity index (χ4v) is 6.53. The van der Waals surface area contributed by atoms with E-state index in [1.807, 2.05) is 6.92 Å². The highest BCUT2D eigenvalue weighted by molar-refractivity contribution is 6.00. The van der Waals surface area contributed by atoms with E-state index in [4.69, 9.17) is 9.47 Å². The van der Waals surface area contributed by atoms with E-state index in [0.717, 1.165) is 0 Å². The van der Waals surface area contributed by atoms with Crippen molar-refractivity contribution in [2.24, 2.45) is 23.7 Å². The first-order valence-electron chi connectivity index (χ1n) is 9.38. The number of ether oxygens (including phenoxy) is 2. The van der Waals surface area contributed by atoms with Gasteiger partial charge >= 0.3 is 5.97 Å². The Morgan fingerprint density at radius 3 is 2.58 bits per heavy atom. The van der Waals surface area contributed by atoms with E-state index in [2.05, 4.69) is 0 Å². The van der Waals surface area contributed by atoms with Gasteiger partial charge < -0.3 is 24.8 Å². The fourth-order valence-electron chi connectivity index (χ4n) is 6.53. The number of allylic oxidation sites excluding steroid dienone is 1. The molecule has 3 saturated heterocycles. The molecule has 4 bridgehead atoms. The smallest absolute Gasteiger partial charge is 0.341 e. The van der Waals surface area contributed by atoms with Gasteiger partial charge in [0.2, 0.25) is 0 Å². The van der Waals surface area contributed by atoms with E-state index in [-0.39, 0.29) is 29.5 Å². The second-order valence-electron chi connectivity index (χ2n) is 9.01. The van der Waals surface area contributed by atoms with E-state index in [9.17, 15) is 24.9 Å². The highest BCUT2D eigenvalue weighted by Crippen LogP contribution is 2.73. The highest BCUT2D eigenvalue weighted by atomic mass is 16.6. The molecule has 6 rings (SSSR count). The van der Waals surface area contributed by atoms with E-state index >= 15 is 0 Å². The van der Waals surface area contributed by atoms with Crippen LogP contribution in [0.15, 0.2) is 11.3 Å². The van der Waals surface area contributed by atoms with Crippen LogP contribution in [-0.4, -0.2) is 56.1 Å². The van der Waals surface area contributed by atoms with Crippen molar-refractivity contribution in [2.45, 2.75) is 69.0 Å². The third-order valence-electron chi connectivity index (χ3n) is 7.96. The quantitative estimate of drug-likeness (QED) is 0.540. The summed E-state index contributed by atoms with van der Waals surface area (Å²) >= 11 is 0. The zero-order valence-corrected chi connectivity index (χ0v) is 15.1. The maximum Gasteiger partial charge on any atom is 0.341 e. The number of aliphatic hydroxyl groups is 3. The molecule has 142 valence electrons. The molecule has 5 fully saturated rings. The molecule has 26 heavy (non-hydrogen) atoms. The topological polar surface area (TPSA) is 113 Å². The first kappa shape index (κ1) is 16.7. The number of carbonyl (C=O) groups is 2. The Morgan fingerprint density at radius 2 is 1.88 bits per heavy atom. The Kier molecular flexibility index (Phi) is 2.90. The largest absolute Gasteiger partial charge is 0.512 e. The molecule has 2 spiro atoms. The molecule has 3 aliphatic heterocycles. The summed E-state index contributed by atoms with van der Waals surface area (Å²) in [5, 5.41) is 32.8. The third-order valence-corrected chi connectivity index (χ3v) is 7.96. The average Bonchev–Trinajstić information content (AvgIpc) is 2.87. The van der Waals surface area contributed by atoms with E-state index < -0.39 is 52.7 Å². The number of rotatable bonds is 0. The van der Waals surface area contributed by atoms with Crippen molar-refractivity contribution in [1.29, 1.82) is 0 Å². The normalized spacial score (nSPS) is 57.7. The molecular formula is C19H24O7. The zero-order valence-electron chi connectivity index (χ0n) is 15.1. The number of Topliss-reactive ketones (excluding diaryl/α,β-unsaturated/α-hetero) is 1. The van der Waals surface area contributed by atoms with Gasteiger partial charge in [-0.15, -0.1) is 0 Å². The van der Waals surface area contributed by atoms with Crippen LogP contribution in [0.25, 0.3) is 0 Å². The summed E-state index contributed by atoms with van der Waals surface area (Å²) in [7, 11) is 0.